The van der Waals surface area contributed by atoms with Crippen LogP contribution in [-0.4, -0.2) is 57.3 Å². The van der Waals surface area contributed by atoms with Crippen LogP contribution in [0.5, 0.6) is 0 Å². The number of aliphatic hydroxyl groups is 1. The lowest BCUT2D eigenvalue weighted by Gasteiger charge is -2.41. The van der Waals surface area contributed by atoms with Gasteiger partial charge in [0.1, 0.15) is 12.9 Å². The third-order valence-corrected chi connectivity index (χ3v) is 7.01. The van der Waals surface area contributed by atoms with E-state index in [9.17, 15) is 14.7 Å². The minimum atomic E-state index is -0.638. The third-order valence-electron chi connectivity index (χ3n) is 6.04. The van der Waals surface area contributed by atoms with E-state index in [2.05, 4.69) is 32.7 Å². The van der Waals surface area contributed by atoms with E-state index >= 15 is 0 Å². The van der Waals surface area contributed by atoms with Gasteiger partial charge < -0.3 is 30.0 Å². The van der Waals surface area contributed by atoms with Gasteiger partial charge in [-0.3, -0.25) is 9.89 Å². The van der Waals surface area contributed by atoms with Crippen molar-refractivity contribution < 1.29 is 28.9 Å². The Morgan fingerprint density at radius 1 is 1.11 bits per heavy atom. The van der Waals surface area contributed by atoms with Crippen molar-refractivity contribution in [1.29, 1.82) is 0 Å². The van der Waals surface area contributed by atoms with Gasteiger partial charge in [-0.2, -0.15) is 5.10 Å². The molecule has 12 heteroatoms. The van der Waals surface area contributed by atoms with E-state index in [1.54, 1.807) is 19.1 Å². The summed E-state index contributed by atoms with van der Waals surface area (Å²) in [6.45, 7) is 3.81. The zero-order valence-corrected chi connectivity index (χ0v) is 21.9. The number of esters is 1. The first-order valence-electron chi connectivity index (χ1n) is 12.3. The minimum Gasteiger partial charge on any atom is -0.465 e. The van der Waals surface area contributed by atoms with Crippen LogP contribution in [-0.2, 0) is 25.6 Å². The summed E-state index contributed by atoms with van der Waals surface area (Å²) >= 11 is 1.53. The number of carbonyl (C=O) groups is 2. The number of H-pyrrole nitrogens is 1. The number of amides is 2. The number of thioether (sulfide) groups is 1. The summed E-state index contributed by atoms with van der Waals surface area (Å²) in [6, 6.07) is 14.3. The van der Waals surface area contributed by atoms with Crippen molar-refractivity contribution in [1.82, 2.24) is 20.5 Å². The SMILES string of the molecule is CCOC(=O)CNC(=O)Nc1ccc([C@@H]2O[C@H](CSc3ncn[nH]3)[C@H](C)[C@H](c3ccc(CO)cc3)O2)cc1. The molecule has 3 aromatic rings. The maximum atomic E-state index is 12.1. The number of anilines is 1. The molecule has 1 aliphatic rings. The average Bonchev–Trinajstić information content (AvgIpc) is 3.46. The van der Waals surface area contributed by atoms with E-state index in [0.29, 0.717) is 16.6 Å². The molecule has 1 aliphatic heterocycles. The summed E-state index contributed by atoms with van der Waals surface area (Å²) in [5, 5.41) is 22.0. The number of nitrogens with one attached hydrogen (secondary N) is 3. The first kappa shape index (κ1) is 27.6. The highest BCUT2D eigenvalue weighted by molar-refractivity contribution is 7.99. The molecule has 1 saturated heterocycles. The zero-order chi connectivity index (χ0) is 26.9. The van der Waals surface area contributed by atoms with Crippen molar-refractivity contribution in [2.24, 2.45) is 5.92 Å². The Hall–Kier alpha value is -3.45. The number of aromatic amines is 1. The summed E-state index contributed by atoms with van der Waals surface area (Å²) in [4.78, 5) is 27.7. The quantitative estimate of drug-likeness (QED) is 0.223. The molecule has 2 aromatic carbocycles. The number of hydrogen-bond donors (Lipinski definition) is 4. The van der Waals surface area contributed by atoms with E-state index in [4.69, 9.17) is 14.2 Å². The van der Waals surface area contributed by atoms with Gasteiger partial charge in [0.2, 0.25) is 0 Å². The summed E-state index contributed by atoms with van der Waals surface area (Å²) in [7, 11) is 0. The zero-order valence-electron chi connectivity index (χ0n) is 21.1. The van der Waals surface area contributed by atoms with Crippen LogP contribution in [0, 0.1) is 5.92 Å². The number of rotatable bonds is 10. The number of aliphatic hydroxyl groups excluding tert-OH is 1. The minimum absolute atomic E-state index is 0.0230. The normalized spacial score (nSPS) is 21.0. The molecule has 0 bridgehead atoms. The topological polar surface area (TPSA) is 148 Å². The van der Waals surface area contributed by atoms with Gasteiger partial charge in [0.25, 0.3) is 0 Å². The second-order valence-corrected chi connectivity index (χ2v) is 9.67. The van der Waals surface area contributed by atoms with Crippen LogP contribution in [0.2, 0.25) is 0 Å². The van der Waals surface area contributed by atoms with E-state index in [1.807, 2.05) is 36.4 Å². The molecule has 0 aliphatic carbocycles. The molecule has 0 spiro atoms. The molecule has 1 aromatic heterocycles. The van der Waals surface area contributed by atoms with Crippen LogP contribution < -0.4 is 10.6 Å². The maximum Gasteiger partial charge on any atom is 0.325 e. The number of ether oxygens (including phenoxy) is 3. The molecule has 4 N–H and O–H groups in total. The number of urea groups is 1. The Morgan fingerprint density at radius 3 is 2.50 bits per heavy atom. The van der Waals surface area contributed by atoms with Gasteiger partial charge in [-0.1, -0.05) is 55.1 Å². The second kappa shape index (κ2) is 13.4. The number of hydrogen-bond acceptors (Lipinski definition) is 9. The number of carbonyl (C=O) groups excluding carboxylic acids is 2. The third kappa shape index (κ3) is 7.32. The van der Waals surface area contributed by atoms with Crippen molar-refractivity contribution in [3.8, 4) is 0 Å². The van der Waals surface area contributed by atoms with Crippen molar-refractivity contribution in [2.75, 3.05) is 24.2 Å². The van der Waals surface area contributed by atoms with Crippen LogP contribution in [0.4, 0.5) is 10.5 Å². The van der Waals surface area contributed by atoms with Gasteiger partial charge in [0.05, 0.1) is 25.4 Å². The standard InChI is InChI=1S/C26H31N5O6S/c1-3-35-22(33)12-27-25(34)30-20-10-8-19(9-11-20)24-36-21(14-38-26-28-15-29-31-26)16(2)23(37-24)18-6-4-17(13-32)5-7-18/h4-11,15-16,21,23-24,32H,3,12-14H2,1-2H3,(H2,27,30,34)(H,28,29,31)/t16-,21+,23+,24+/m0/s1. The lowest BCUT2D eigenvalue weighted by molar-refractivity contribution is -0.268. The predicted molar refractivity (Wildman–Crippen MR) is 140 cm³/mol. The van der Waals surface area contributed by atoms with Gasteiger partial charge in [0.15, 0.2) is 11.4 Å². The molecular weight excluding hydrogens is 510 g/mol. The predicted octanol–water partition coefficient (Wildman–Crippen LogP) is 3.57. The van der Waals surface area contributed by atoms with Crippen LogP contribution in [0.3, 0.4) is 0 Å². The molecule has 38 heavy (non-hydrogen) atoms. The van der Waals surface area contributed by atoms with E-state index in [0.717, 1.165) is 16.7 Å². The van der Waals surface area contributed by atoms with Gasteiger partial charge in [0, 0.05) is 22.9 Å². The van der Waals surface area contributed by atoms with Crippen LogP contribution in [0.15, 0.2) is 60.0 Å². The average molecular weight is 542 g/mol. The lowest BCUT2D eigenvalue weighted by Crippen LogP contribution is -2.38. The molecule has 0 radical (unpaired) electrons. The Morgan fingerprint density at radius 2 is 1.84 bits per heavy atom. The highest BCUT2D eigenvalue weighted by atomic mass is 32.2. The number of aromatic nitrogens is 3. The fourth-order valence-electron chi connectivity index (χ4n) is 4.00. The van der Waals surface area contributed by atoms with E-state index < -0.39 is 18.3 Å². The Balaban J connectivity index is 1.45. The largest absolute Gasteiger partial charge is 0.465 e. The molecular formula is C26H31N5O6S. The molecule has 1 fully saturated rings. The monoisotopic (exact) mass is 541 g/mol. The fraction of sp³-hybridized carbons (Fsp3) is 0.385. The summed E-state index contributed by atoms with van der Waals surface area (Å²) < 4.78 is 17.6. The molecule has 2 heterocycles. The molecule has 11 nitrogen and oxygen atoms in total. The highest BCUT2D eigenvalue weighted by Crippen LogP contribution is 2.42. The summed E-state index contributed by atoms with van der Waals surface area (Å²) in [6.07, 6.45) is 0.435. The van der Waals surface area contributed by atoms with Crippen molar-refractivity contribution in [3.05, 3.63) is 71.5 Å². The summed E-state index contributed by atoms with van der Waals surface area (Å²) in [5.41, 5.74) is 3.17. The van der Waals surface area contributed by atoms with Gasteiger partial charge in [-0.25, -0.2) is 9.78 Å². The molecule has 4 atom stereocenters. The Kier molecular flexibility index (Phi) is 9.71. The smallest absolute Gasteiger partial charge is 0.325 e. The molecule has 0 unspecified atom stereocenters. The van der Waals surface area contributed by atoms with Gasteiger partial charge in [-0.05, 0) is 30.2 Å². The van der Waals surface area contributed by atoms with E-state index in [1.165, 1.54) is 18.1 Å². The number of benzene rings is 2. The van der Waals surface area contributed by atoms with E-state index in [-0.39, 0.29) is 37.9 Å². The Labute approximate surface area is 224 Å². The molecule has 2 amide bonds. The van der Waals surface area contributed by atoms with Gasteiger partial charge in [-0.15, -0.1) is 0 Å². The van der Waals surface area contributed by atoms with Crippen molar-refractivity contribution in [2.45, 2.75) is 44.1 Å². The first-order chi connectivity index (χ1) is 18.5. The van der Waals surface area contributed by atoms with Crippen LogP contribution in [0.1, 0.15) is 42.9 Å². The van der Waals surface area contributed by atoms with Gasteiger partial charge >= 0.3 is 12.0 Å². The fourth-order valence-corrected chi connectivity index (χ4v) is 4.94. The lowest BCUT2D eigenvalue weighted by atomic mass is 9.91. The second-order valence-electron chi connectivity index (χ2n) is 8.66. The van der Waals surface area contributed by atoms with Crippen LogP contribution >= 0.6 is 11.8 Å². The van der Waals surface area contributed by atoms with Crippen molar-refractivity contribution in [3.63, 3.8) is 0 Å². The summed E-state index contributed by atoms with van der Waals surface area (Å²) in [5.74, 6) is 0.169. The maximum absolute atomic E-state index is 12.1. The van der Waals surface area contributed by atoms with Crippen LogP contribution in [0.25, 0.3) is 0 Å². The molecule has 202 valence electrons. The van der Waals surface area contributed by atoms with Crippen molar-refractivity contribution >= 4 is 29.4 Å². The first-order valence-corrected chi connectivity index (χ1v) is 13.2. The number of nitrogens with zero attached hydrogens (tertiary/aromatic N) is 2. The molecule has 4 rings (SSSR count). The Bertz CT molecular complexity index is 1180. The highest BCUT2D eigenvalue weighted by Gasteiger charge is 2.38. The molecule has 0 saturated carbocycles.